The first-order chi connectivity index (χ1) is 17.4. The van der Waals surface area contributed by atoms with Crippen molar-refractivity contribution in [2.45, 2.75) is 30.6 Å². The molecule has 3 N–H and O–H groups in total. The maximum Gasteiger partial charge on any atom is 0.294 e. The summed E-state index contributed by atoms with van der Waals surface area (Å²) in [6.07, 6.45) is 7.66. The Balaban J connectivity index is 1.76. The van der Waals surface area contributed by atoms with Crippen molar-refractivity contribution >= 4 is 48.1 Å². The summed E-state index contributed by atoms with van der Waals surface area (Å²) >= 11 is 0. The highest BCUT2D eigenvalue weighted by Gasteiger charge is 2.45. The first kappa shape index (κ1) is 26.7. The molecule has 0 fully saturated rings. The summed E-state index contributed by atoms with van der Waals surface area (Å²) in [7, 11) is -8.51. The van der Waals surface area contributed by atoms with Gasteiger partial charge in [-0.15, -0.1) is 0 Å². The molecule has 10 heteroatoms. The molecule has 3 aromatic rings. The van der Waals surface area contributed by atoms with Crippen molar-refractivity contribution in [1.82, 2.24) is 0 Å². The fraction of sp³-hybridized carbons (Fsp3) is 0.222. The van der Waals surface area contributed by atoms with Crippen LogP contribution in [0.4, 0.5) is 11.4 Å². The summed E-state index contributed by atoms with van der Waals surface area (Å²) in [6.45, 7) is 4.35. The van der Waals surface area contributed by atoms with Gasteiger partial charge in [0.15, 0.2) is 5.71 Å². The molecule has 0 saturated carbocycles. The van der Waals surface area contributed by atoms with E-state index in [9.17, 15) is 25.9 Å². The molecule has 0 radical (unpaired) electrons. The molecule has 0 aliphatic carbocycles. The second-order valence-electron chi connectivity index (χ2n) is 9.35. The van der Waals surface area contributed by atoms with Crippen molar-refractivity contribution in [2.75, 3.05) is 17.6 Å². The van der Waals surface area contributed by atoms with Crippen molar-refractivity contribution in [3.63, 3.8) is 0 Å². The zero-order valence-electron chi connectivity index (χ0n) is 20.5. The molecule has 3 aromatic carbocycles. The monoisotopic (exact) mass is 541 g/mol. The number of para-hydroxylation sites is 1. The molecule has 0 bridgehead atoms. The van der Waals surface area contributed by atoms with Gasteiger partial charge in [0.25, 0.3) is 20.2 Å². The van der Waals surface area contributed by atoms with Gasteiger partial charge in [0.1, 0.15) is 6.54 Å². The Bertz CT molecular complexity index is 1640. The molecule has 194 valence electrons. The van der Waals surface area contributed by atoms with Crippen LogP contribution in [0.5, 0.6) is 0 Å². The van der Waals surface area contributed by atoms with E-state index in [1.54, 1.807) is 12.3 Å². The fourth-order valence-corrected chi connectivity index (χ4v) is 5.75. The quantitative estimate of drug-likeness (QED) is 0.199. The number of nitrogens with one attached hydrogen (secondary N) is 1. The van der Waals surface area contributed by atoms with E-state index >= 15 is 0 Å². The number of hydrogen-bond acceptors (Lipinski definition) is 5. The summed E-state index contributed by atoms with van der Waals surface area (Å²) in [5.74, 6) is -0.377. The van der Waals surface area contributed by atoms with Gasteiger partial charge in [0.05, 0.1) is 16.1 Å². The number of hydrogen-bond donors (Lipinski definition) is 3. The molecule has 1 heterocycles. The highest BCUT2D eigenvalue weighted by atomic mass is 32.2. The zero-order valence-corrected chi connectivity index (χ0v) is 22.1. The van der Waals surface area contributed by atoms with Crippen molar-refractivity contribution in [2.24, 2.45) is 0 Å². The molecule has 37 heavy (non-hydrogen) atoms. The van der Waals surface area contributed by atoms with E-state index in [0.717, 1.165) is 28.0 Å². The van der Waals surface area contributed by atoms with Gasteiger partial charge in [0, 0.05) is 36.0 Å². The number of fused-ring (bicyclic) bond motifs is 3. The lowest BCUT2D eigenvalue weighted by Gasteiger charge is -2.18. The van der Waals surface area contributed by atoms with E-state index in [1.807, 2.05) is 79.1 Å². The molecule has 0 amide bonds. The van der Waals surface area contributed by atoms with Crippen molar-refractivity contribution in [3.8, 4) is 0 Å². The first-order valence-electron chi connectivity index (χ1n) is 11.7. The van der Waals surface area contributed by atoms with E-state index in [2.05, 4.69) is 5.32 Å². The molecule has 4 rings (SSSR count). The summed E-state index contributed by atoms with van der Waals surface area (Å²) in [6, 6.07) is 18.0. The van der Waals surface area contributed by atoms with E-state index in [0.29, 0.717) is 11.9 Å². The molecule has 0 unspecified atom stereocenters. The summed E-state index contributed by atoms with van der Waals surface area (Å²) < 4.78 is 67.2. The minimum Gasteiger partial charge on any atom is -0.362 e. The molecule has 1 aliphatic heterocycles. The SMILES string of the molecule is CC1(C)C(C=CC=CNc2ccccc2)=[N+](CCCS(=O)(=O)O)c2ccc3ccc(S(=O)(=O)O)cc3c21. The number of benzene rings is 3. The first-order valence-corrected chi connectivity index (χ1v) is 14.7. The summed E-state index contributed by atoms with van der Waals surface area (Å²) in [4.78, 5) is -0.193. The third-order valence-corrected chi connectivity index (χ3v) is 8.04. The van der Waals surface area contributed by atoms with Crippen LogP contribution < -0.4 is 5.32 Å². The average Bonchev–Trinajstić information content (AvgIpc) is 3.04. The smallest absolute Gasteiger partial charge is 0.294 e. The third kappa shape index (κ3) is 5.99. The summed E-state index contributed by atoms with van der Waals surface area (Å²) in [5, 5.41) is 4.68. The minimum absolute atomic E-state index is 0.193. The van der Waals surface area contributed by atoms with Crippen LogP contribution in [0.3, 0.4) is 0 Å². The molecule has 0 spiro atoms. The highest BCUT2D eigenvalue weighted by Crippen LogP contribution is 2.44. The maximum atomic E-state index is 11.8. The molecule has 1 aliphatic rings. The van der Waals surface area contributed by atoms with Gasteiger partial charge in [-0.25, -0.2) is 0 Å². The van der Waals surface area contributed by atoms with E-state index < -0.39 is 25.7 Å². The van der Waals surface area contributed by atoms with Gasteiger partial charge in [0.2, 0.25) is 5.69 Å². The van der Waals surface area contributed by atoms with Crippen LogP contribution >= 0.6 is 0 Å². The number of allylic oxidation sites excluding steroid dienone is 3. The Morgan fingerprint density at radius 1 is 0.946 bits per heavy atom. The zero-order chi connectivity index (χ0) is 26.8. The number of rotatable bonds is 9. The lowest BCUT2D eigenvalue weighted by Crippen LogP contribution is -2.28. The second kappa shape index (κ2) is 10.2. The van der Waals surface area contributed by atoms with Crippen molar-refractivity contribution in [3.05, 3.63) is 90.7 Å². The van der Waals surface area contributed by atoms with Crippen LogP contribution in [0, 0.1) is 0 Å². The lowest BCUT2D eigenvalue weighted by molar-refractivity contribution is -0.437. The van der Waals surface area contributed by atoms with Crippen LogP contribution in [0.1, 0.15) is 25.8 Å². The fourth-order valence-electron chi connectivity index (χ4n) is 4.75. The Morgan fingerprint density at radius 2 is 1.65 bits per heavy atom. The highest BCUT2D eigenvalue weighted by molar-refractivity contribution is 7.86. The summed E-state index contributed by atoms with van der Waals surface area (Å²) in [5.41, 5.74) is 2.93. The van der Waals surface area contributed by atoms with Crippen LogP contribution in [-0.4, -0.2) is 48.5 Å². The normalized spacial score (nSPS) is 15.7. The van der Waals surface area contributed by atoms with Crippen LogP contribution in [0.2, 0.25) is 0 Å². The Kier molecular flexibility index (Phi) is 7.38. The van der Waals surface area contributed by atoms with Gasteiger partial charge in [-0.05, 0) is 61.0 Å². The van der Waals surface area contributed by atoms with Gasteiger partial charge in [-0.2, -0.15) is 21.4 Å². The van der Waals surface area contributed by atoms with Crippen LogP contribution in [-0.2, 0) is 25.7 Å². The number of nitrogens with zero attached hydrogens (tertiary/aromatic N) is 1. The molecule has 8 nitrogen and oxygen atoms in total. The molecule has 0 saturated heterocycles. The lowest BCUT2D eigenvalue weighted by atomic mass is 9.79. The molecule has 0 atom stereocenters. The standard InChI is InChI=1S/C27H28N2O6S2/c1-27(2)25(11-6-7-16-28-21-9-4-3-5-10-21)29(17-8-18-36(30,31)32)24-15-13-20-12-14-22(37(33,34)35)19-23(20)26(24)27/h3-7,9-16,19H,8,17-18H2,1-2H3,(H2,30,31,32,33,34,35)/p+1. The molecular formula is C27H29N2O6S2+. The van der Waals surface area contributed by atoms with Gasteiger partial charge < -0.3 is 5.32 Å². The maximum absolute atomic E-state index is 11.8. The van der Waals surface area contributed by atoms with E-state index in [1.165, 1.54) is 12.1 Å². The predicted molar refractivity (Wildman–Crippen MR) is 146 cm³/mol. The topological polar surface area (TPSA) is 124 Å². The Morgan fingerprint density at radius 3 is 2.32 bits per heavy atom. The Hall–Kier alpha value is -3.31. The van der Waals surface area contributed by atoms with E-state index in [-0.39, 0.29) is 17.1 Å². The third-order valence-electron chi connectivity index (χ3n) is 6.39. The largest absolute Gasteiger partial charge is 0.362 e. The average molecular weight is 542 g/mol. The molecule has 0 aromatic heterocycles. The minimum atomic E-state index is -4.39. The van der Waals surface area contributed by atoms with Crippen LogP contribution in [0.25, 0.3) is 10.8 Å². The molecular weight excluding hydrogens is 512 g/mol. The number of anilines is 1. The second-order valence-corrected chi connectivity index (χ2v) is 12.3. The van der Waals surface area contributed by atoms with Crippen molar-refractivity contribution in [1.29, 1.82) is 0 Å². The predicted octanol–water partition coefficient (Wildman–Crippen LogP) is 4.92. The van der Waals surface area contributed by atoms with Crippen molar-refractivity contribution < 1.29 is 30.5 Å². The Labute approximate surface area is 217 Å². The van der Waals surface area contributed by atoms with Crippen LogP contribution in [0.15, 0.2) is 90.0 Å². The van der Waals surface area contributed by atoms with Gasteiger partial charge >= 0.3 is 0 Å². The van der Waals surface area contributed by atoms with E-state index in [4.69, 9.17) is 0 Å². The van der Waals surface area contributed by atoms with Gasteiger partial charge in [-0.1, -0.05) is 30.3 Å². The van der Waals surface area contributed by atoms with Gasteiger partial charge in [-0.3, -0.25) is 9.11 Å².